The molecule has 17 heavy (non-hydrogen) atoms. The van der Waals surface area contributed by atoms with Crippen LogP contribution in [0.2, 0.25) is 0 Å². The molecule has 1 saturated heterocycles. The maximum absolute atomic E-state index is 12.4. The molecular formula is C13H21N3O. The van der Waals surface area contributed by atoms with E-state index in [4.69, 9.17) is 0 Å². The summed E-state index contributed by atoms with van der Waals surface area (Å²) in [6.07, 6.45) is 7.10. The number of amides is 1. The zero-order valence-corrected chi connectivity index (χ0v) is 10.4. The lowest BCUT2D eigenvalue weighted by Gasteiger charge is -2.27. The van der Waals surface area contributed by atoms with Crippen molar-refractivity contribution in [3.63, 3.8) is 0 Å². The Morgan fingerprint density at radius 1 is 1.06 bits per heavy atom. The third kappa shape index (κ3) is 2.05. The van der Waals surface area contributed by atoms with E-state index in [2.05, 4.69) is 9.89 Å². The highest BCUT2D eigenvalue weighted by atomic mass is 16.2. The SMILES string of the molecule is O=C(C1CCCC1)N1CCN=C1N1CCCC1. The second-order valence-electron chi connectivity index (χ2n) is 5.35. The molecule has 1 amide bonds. The van der Waals surface area contributed by atoms with Crippen LogP contribution in [0.5, 0.6) is 0 Å². The van der Waals surface area contributed by atoms with E-state index in [0.717, 1.165) is 45.0 Å². The fraction of sp³-hybridized carbons (Fsp3) is 0.846. The molecule has 4 heteroatoms. The number of aliphatic imine (C=N–C) groups is 1. The first-order chi connectivity index (χ1) is 8.36. The van der Waals surface area contributed by atoms with Crippen molar-refractivity contribution in [1.29, 1.82) is 0 Å². The van der Waals surface area contributed by atoms with Crippen molar-refractivity contribution in [3.8, 4) is 0 Å². The first-order valence-corrected chi connectivity index (χ1v) is 6.97. The average Bonchev–Trinajstić information content (AvgIpc) is 3.09. The van der Waals surface area contributed by atoms with Crippen LogP contribution in [0, 0.1) is 5.92 Å². The number of nitrogens with zero attached hydrogens (tertiary/aromatic N) is 3. The summed E-state index contributed by atoms with van der Waals surface area (Å²) in [6, 6.07) is 0. The zero-order valence-electron chi connectivity index (χ0n) is 10.4. The number of hydrogen-bond donors (Lipinski definition) is 0. The number of carbonyl (C=O) groups is 1. The van der Waals surface area contributed by atoms with Gasteiger partial charge in [0.15, 0.2) is 0 Å². The summed E-state index contributed by atoms with van der Waals surface area (Å²) in [4.78, 5) is 21.2. The summed E-state index contributed by atoms with van der Waals surface area (Å²) < 4.78 is 0. The summed E-state index contributed by atoms with van der Waals surface area (Å²) in [6.45, 7) is 3.76. The fourth-order valence-corrected chi connectivity index (χ4v) is 3.23. The summed E-state index contributed by atoms with van der Waals surface area (Å²) in [5, 5.41) is 0. The first kappa shape index (κ1) is 11.1. The molecule has 4 nitrogen and oxygen atoms in total. The van der Waals surface area contributed by atoms with Crippen molar-refractivity contribution < 1.29 is 4.79 Å². The predicted octanol–water partition coefficient (Wildman–Crippen LogP) is 1.47. The van der Waals surface area contributed by atoms with Gasteiger partial charge in [0.05, 0.1) is 6.54 Å². The van der Waals surface area contributed by atoms with Gasteiger partial charge in [-0.2, -0.15) is 0 Å². The van der Waals surface area contributed by atoms with Crippen LogP contribution in [-0.4, -0.2) is 47.8 Å². The number of rotatable bonds is 1. The molecule has 3 rings (SSSR count). The van der Waals surface area contributed by atoms with Crippen LogP contribution in [0.1, 0.15) is 38.5 Å². The van der Waals surface area contributed by atoms with Gasteiger partial charge in [-0.05, 0) is 25.7 Å². The Morgan fingerprint density at radius 3 is 2.47 bits per heavy atom. The minimum absolute atomic E-state index is 0.279. The van der Waals surface area contributed by atoms with E-state index >= 15 is 0 Å². The van der Waals surface area contributed by atoms with Gasteiger partial charge in [-0.3, -0.25) is 14.7 Å². The van der Waals surface area contributed by atoms with E-state index in [-0.39, 0.29) is 5.92 Å². The molecule has 0 N–H and O–H groups in total. The summed E-state index contributed by atoms with van der Waals surface area (Å²) in [7, 11) is 0. The van der Waals surface area contributed by atoms with E-state index in [1.165, 1.54) is 25.7 Å². The second kappa shape index (κ2) is 4.67. The molecular weight excluding hydrogens is 214 g/mol. The van der Waals surface area contributed by atoms with E-state index in [9.17, 15) is 4.79 Å². The molecule has 3 aliphatic rings. The molecule has 0 aromatic rings. The molecule has 94 valence electrons. The van der Waals surface area contributed by atoms with E-state index in [1.54, 1.807) is 0 Å². The first-order valence-electron chi connectivity index (χ1n) is 6.97. The molecule has 0 aromatic carbocycles. The van der Waals surface area contributed by atoms with E-state index in [0.29, 0.717) is 5.91 Å². The lowest BCUT2D eigenvalue weighted by molar-refractivity contribution is -0.131. The Morgan fingerprint density at radius 2 is 1.76 bits per heavy atom. The lowest BCUT2D eigenvalue weighted by Crippen LogP contribution is -2.45. The van der Waals surface area contributed by atoms with Crippen molar-refractivity contribution in [1.82, 2.24) is 9.80 Å². The molecule has 0 aromatic heterocycles. The van der Waals surface area contributed by atoms with Crippen LogP contribution < -0.4 is 0 Å². The van der Waals surface area contributed by atoms with Crippen molar-refractivity contribution in [3.05, 3.63) is 0 Å². The van der Waals surface area contributed by atoms with Crippen LogP contribution in [-0.2, 0) is 4.79 Å². The maximum atomic E-state index is 12.4. The van der Waals surface area contributed by atoms with Gasteiger partial charge in [-0.15, -0.1) is 0 Å². The molecule has 0 radical (unpaired) electrons. The van der Waals surface area contributed by atoms with Crippen molar-refractivity contribution in [2.45, 2.75) is 38.5 Å². The van der Waals surface area contributed by atoms with Crippen LogP contribution in [0.3, 0.4) is 0 Å². The topological polar surface area (TPSA) is 35.9 Å². The van der Waals surface area contributed by atoms with Crippen molar-refractivity contribution in [2.24, 2.45) is 10.9 Å². The fourth-order valence-electron chi connectivity index (χ4n) is 3.23. The predicted molar refractivity (Wildman–Crippen MR) is 66.8 cm³/mol. The molecule has 1 aliphatic carbocycles. The highest BCUT2D eigenvalue weighted by Crippen LogP contribution is 2.28. The van der Waals surface area contributed by atoms with Crippen LogP contribution >= 0.6 is 0 Å². The Bertz CT molecular complexity index is 328. The normalized spacial score (nSPS) is 25.8. The molecule has 0 bridgehead atoms. The molecule has 0 spiro atoms. The number of guanidine groups is 1. The minimum atomic E-state index is 0.279. The highest BCUT2D eigenvalue weighted by Gasteiger charge is 2.34. The average molecular weight is 235 g/mol. The minimum Gasteiger partial charge on any atom is -0.342 e. The maximum Gasteiger partial charge on any atom is 0.232 e. The zero-order chi connectivity index (χ0) is 11.7. The van der Waals surface area contributed by atoms with Gasteiger partial charge in [-0.1, -0.05) is 12.8 Å². The van der Waals surface area contributed by atoms with Gasteiger partial charge in [0, 0.05) is 25.6 Å². The van der Waals surface area contributed by atoms with Gasteiger partial charge in [0.25, 0.3) is 0 Å². The Kier molecular flexibility index (Phi) is 3.04. The summed E-state index contributed by atoms with van der Waals surface area (Å²) >= 11 is 0. The molecule has 2 aliphatic heterocycles. The third-order valence-electron chi connectivity index (χ3n) is 4.18. The molecule has 0 atom stereocenters. The highest BCUT2D eigenvalue weighted by molar-refractivity contribution is 5.99. The van der Waals surface area contributed by atoms with Gasteiger partial charge in [0.1, 0.15) is 0 Å². The van der Waals surface area contributed by atoms with E-state index in [1.807, 2.05) is 4.90 Å². The van der Waals surface area contributed by atoms with Gasteiger partial charge < -0.3 is 4.90 Å². The van der Waals surface area contributed by atoms with Gasteiger partial charge >= 0.3 is 0 Å². The van der Waals surface area contributed by atoms with Gasteiger partial charge in [-0.25, -0.2) is 0 Å². The quantitative estimate of drug-likeness (QED) is 0.690. The lowest BCUT2D eigenvalue weighted by atomic mass is 10.1. The smallest absolute Gasteiger partial charge is 0.232 e. The van der Waals surface area contributed by atoms with Crippen LogP contribution in [0.15, 0.2) is 4.99 Å². The third-order valence-corrected chi connectivity index (χ3v) is 4.18. The number of likely N-dealkylation sites (tertiary alicyclic amines) is 1. The second-order valence-corrected chi connectivity index (χ2v) is 5.35. The summed E-state index contributed by atoms with van der Waals surface area (Å²) in [5.74, 6) is 1.59. The monoisotopic (exact) mass is 235 g/mol. The van der Waals surface area contributed by atoms with Crippen LogP contribution in [0.4, 0.5) is 0 Å². The van der Waals surface area contributed by atoms with Gasteiger partial charge in [0.2, 0.25) is 11.9 Å². The van der Waals surface area contributed by atoms with Crippen molar-refractivity contribution >= 4 is 11.9 Å². The number of hydrogen-bond acceptors (Lipinski definition) is 3. The van der Waals surface area contributed by atoms with E-state index < -0.39 is 0 Å². The van der Waals surface area contributed by atoms with Crippen molar-refractivity contribution in [2.75, 3.05) is 26.2 Å². The molecule has 1 saturated carbocycles. The van der Waals surface area contributed by atoms with Crippen LogP contribution in [0.25, 0.3) is 0 Å². The molecule has 2 fully saturated rings. The summed E-state index contributed by atoms with van der Waals surface area (Å²) in [5.41, 5.74) is 0. The largest absolute Gasteiger partial charge is 0.342 e. The Hall–Kier alpha value is -1.06. The number of carbonyl (C=O) groups excluding carboxylic acids is 1. The Balaban J connectivity index is 1.69. The standard InChI is InChI=1S/C13H21N3O/c17-12(11-5-1-2-6-11)16-10-7-14-13(16)15-8-3-4-9-15/h11H,1-10H2. The Labute approximate surface area is 103 Å². The molecule has 2 heterocycles. The molecule has 0 unspecified atom stereocenters.